The van der Waals surface area contributed by atoms with Crippen molar-refractivity contribution in [3.8, 4) is 11.3 Å². The molecule has 3 heterocycles. The minimum Gasteiger partial charge on any atom is -0.353 e. The summed E-state index contributed by atoms with van der Waals surface area (Å²) in [5.74, 6) is 2.29. The number of nitrogens with zero attached hydrogens (tertiary/aromatic N) is 6. The van der Waals surface area contributed by atoms with E-state index in [1.54, 1.807) is 0 Å². The minimum absolute atomic E-state index is 0.613. The molecule has 0 N–H and O–H groups in total. The van der Waals surface area contributed by atoms with E-state index in [2.05, 4.69) is 67.4 Å². The summed E-state index contributed by atoms with van der Waals surface area (Å²) in [5, 5.41) is 12.8. The highest BCUT2D eigenvalue weighted by Gasteiger charge is 2.20. The van der Waals surface area contributed by atoms with Crippen LogP contribution >= 0.6 is 0 Å². The quantitative estimate of drug-likeness (QED) is 0.716. The molecule has 4 rings (SSSR count). The van der Waals surface area contributed by atoms with Crippen LogP contribution in [0.15, 0.2) is 40.9 Å². The number of hydrogen-bond donors (Lipinski definition) is 0. The molecule has 1 aromatic carbocycles. The molecule has 0 unspecified atom stereocenters. The van der Waals surface area contributed by atoms with Crippen LogP contribution in [0, 0.1) is 13.8 Å². The predicted octanol–water partition coefficient (Wildman–Crippen LogP) is 2.47. The fraction of sp³-hybridized carbons (Fsp3) is 0.368. The van der Waals surface area contributed by atoms with Crippen molar-refractivity contribution in [2.75, 3.05) is 31.1 Å². The molecule has 134 valence electrons. The smallest absolute Gasteiger partial charge is 0.223 e. The van der Waals surface area contributed by atoms with E-state index in [1.807, 2.05) is 13.0 Å². The zero-order valence-electron chi connectivity index (χ0n) is 15.1. The first kappa shape index (κ1) is 16.7. The highest BCUT2D eigenvalue weighted by molar-refractivity contribution is 5.60. The first-order chi connectivity index (χ1) is 12.7. The molecule has 1 aliphatic heterocycles. The molecule has 1 aliphatic rings. The van der Waals surface area contributed by atoms with E-state index < -0.39 is 0 Å². The van der Waals surface area contributed by atoms with Crippen molar-refractivity contribution in [2.45, 2.75) is 20.4 Å². The van der Waals surface area contributed by atoms with Crippen LogP contribution in [0.2, 0.25) is 0 Å². The topological polar surface area (TPSA) is 71.2 Å². The Morgan fingerprint density at radius 3 is 2.31 bits per heavy atom. The van der Waals surface area contributed by atoms with Gasteiger partial charge in [-0.2, -0.15) is 4.98 Å². The molecule has 0 aliphatic carbocycles. The molecule has 0 radical (unpaired) electrons. The van der Waals surface area contributed by atoms with Crippen molar-refractivity contribution < 1.29 is 4.52 Å². The van der Waals surface area contributed by atoms with Crippen molar-refractivity contribution in [3.63, 3.8) is 0 Å². The lowest BCUT2D eigenvalue weighted by Crippen LogP contribution is -2.46. The molecule has 0 spiro atoms. The van der Waals surface area contributed by atoms with Crippen molar-refractivity contribution in [1.82, 2.24) is 25.2 Å². The molecule has 0 bridgehead atoms. The Labute approximate surface area is 152 Å². The SMILES string of the molecule is Cc1ccc(-c2ccc(N3CCN(Cc4noc(C)n4)CC3)nn2)cc1. The molecule has 1 fully saturated rings. The third-order valence-electron chi connectivity index (χ3n) is 4.63. The van der Waals surface area contributed by atoms with Gasteiger partial charge in [0.05, 0.1) is 12.2 Å². The van der Waals surface area contributed by atoms with Crippen LogP contribution in [0.3, 0.4) is 0 Å². The van der Waals surface area contributed by atoms with Gasteiger partial charge in [0.15, 0.2) is 11.6 Å². The van der Waals surface area contributed by atoms with Crippen LogP contribution in [-0.2, 0) is 6.54 Å². The molecule has 7 heteroatoms. The Bertz CT molecular complexity index is 850. The van der Waals surface area contributed by atoms with E-state index in [4.69, 9.17) is 4.52 Å². The normalized spacial score (nSPS) is 15.4. The number of aromatic nitrogens is 4. The Morgan fingerprint density at radius 1 is 0.923 bits per heavy atom. The number of hydrogen-bond acceptors (Lipinski definition) is 7. The van der Waals surface area contributed by atoms with Gasteiger partial charge in [0.25, 0.3) is 0 Å². The standard InChI is InChI=1S/C19H22N6O/c1-14-3-5-16(6-4-14)17-7-8-19(22-21-17)25-11-9-24(10-12-25)13-18-20-15(2)26-23-18/h3-8H,9-13H2,1-2H3. The predicted molar refractivity (Wildman–Crippen MR) is 98.7 cm³/mol. The maximum absolute atomic E-state index is 5.03. The molecule has 3 aromatic rings. The Balaban J connectivity index is 1.36. The molecule has 1 saturated heterocycles. The third kappa shape index (κ3) is 3.72. The van der Waals surface area contributed by atoms with Gasteiger partial charge in [0.1, 0.15) is 0 Å². The highest BCUT2D eigenvalue weighted by Crippen LogP contribution is 2.20. The first-order valence-corrected chi connectivity index (χ1v) is 8.85. The van der Waals surface area contributed by atoms with Crippen molar-refractivity contribution in [1.29, 1.82) is 0 Å². The molecule has 7 nitrogen and oxygen atoms in total. The van der Waals surface area contributed by atoms with E-state index >= 15 is 0 Å². The first-order valence-electron chi connectivity index (χ1n) is 8.85. The van der Waals surface area contributed by atoms with Crippen LogP contribution in [0.4, 0.5) is 5.82 Å². The molecular weight excluding hydrogens is 328 g/mol. The summed E-state index contributed by atoms with van der Waals surface area (Å²) >= 11 is 0. The second-order valence-corrected chi connectivity index (χ2v) is 6.64. The second kappa shape index (κ2) is 7.21. The maximum Gasteiger partial charge on any atom is 0.223 e. The van der Waals surface area contributed by atoms with Gasteiger partial charge in [-0.15, -0.1) is 10.2 Å². The number of aryl methyl sites for hydroxylation is 2. The number of anilines is 1. The van der Waals surface area contributed by atoms with Crippen LogP contribution < -0.4 is 4.90 Å². The second-order valence-electron chi connectivity index (χ2n) is 6.64. The van der Waals surface area contributed by atoms with Crippen molar-refractivity contribution >= 4 is 5.82 Å². The van der Waals surface area contributed by atoms with E-state index in [0.29, 0.717) is 5.89 Å². The van der Waals surface area contributed by atoms with Gasteiger partial charge < -0.3 is 9.42 Å². The summed E-state index contributed by atoms with van der Waals surface area (Å²) in [6.45, 7) is 8.32. The Hall–Kier alpha value is -2.80. The minimum atomic E-state index is 0.613. The highest BCUT2D eigenvalue weighted by atomic mass is 16.5. The zero-order valence-corrected chi connectivity index (χ0v) is 15.1. The molecule has 26 heavy (non-hydrogen) atoms. The van der Waals surface area contributed by atoms with E-state index in [9.17, 15) is 0 Å². The molecule has 0 saturated carbocycles. The molecular formula is C19H22N6O. The lowest BCUT2D eigenvalue weighted by molar-refractivity contribution is 0.239. The summed E-state index contributed by atoms with van der Waals surface area (Å²) in [6, 6.07) is 12.4. The lowest BCUT2D eigenvalue weighted by atomic mass is 10.1. The van der Waals surface area contributed by atoms with Gasteiger partial charge in [-0.25, -0.2) is 0 Å². The Morgan fingerprint density at radius 2 is 1.69 bits per heavy atom. The average molecular weight is 350 g/mol. The number of rotatable bonds is 4. The molecule has 0 amide bonds. The van der Waals surface area contributed by atoms with Gasteiger partial charge in [-0.05, 0) is 19.1 Å². The van der Waals surface area contributed by atoms with Crippen LogP contribution in [0.1, 0.15) is 17.3 Å². The van der Waals surface area contributed by atoms with Crippen molar-refractivity contribution in [3.05, 3.63) is 53.7 Å². The monoisotopic (exact) mass is 350 g/mol. The summed E-state index contributed by atoms with van der Waals surface area (Å²) in [7, 11) is 0. The summed E-state index contributed by atoms with van der Waals surface area (Å²) in [6.07, 6.45) is 0. The fourth-order valence-electron chi connectivity index (χ4n) is 3.11. The van der Waals surface area contributed by atoms with Gasteiger partial charge in [0.2, 0.25) is 5.89 Å². The summed E-state index contributed by atoms with van der Waals surface area (Å²) in [5.41, 5.74) is 3.24. The van der Waals surface area contributed by atoms with E-state index in [0.717, 1.165) is 55.6 Å². The lowest BCUT2D eigenvalue weighted by Gasteiger charge is -2.34. The Kier molecular flexibility index (Phi) is 4.62. The van der Waals surface area contributed by atoms with E-state index in [1.165, 1.54) is 5.56 Å². The zero-order chi connectivity index (χ0) is 17.9. The van der Waals surface area contributed by atoms with Crippen molar-refractivity contribution in [2.24, 2.45) is 0 Å². The fourth-order valence-corrected chi connectivity index (χ4v) is 3.11. The maximum atomic E-state index is 5.03. The summed E-state index contributed by atoms with van der Waals surface area (Å²) < 4.78 is 5.03. The largest absolute Gasteiger partial charge is 0.353 e. The van der Waals surface area contributed by atoms with E-state index in [-0.39, 0.29) is 0 Å². The average Bonchev–Trinajstić information content (AvgIpc) is 3.08. The summed E-state index contributed by atoms with van der Waals surface area (Å²) in [4.78, 5) is 8.87. The van der Waals surface area contributed by atoms with Crippen LogP contribution in [-0.4, -0.2) is 51.4 Å². The molecule has 2 aromatic heterocycles. The van der Waals surface area contributed by atoms with Crippen LogP contribution in [0.5, 0.6) is 0 Å². The molecule has 0 atom stereocenters. The van der Waals surface area contributed by atoms with Gasteiger partial charge in [-0.3, -0.25) is 4.90 Å². The van der Waals surface area contributed by atoms with Gasteiger partial charge in [0, 0.05) is 38.7 Å². The third-order valence-corrected chi connectivity index (χ3v) is 4.63. The van der Waals surface area contributed by atoms with Gasteiger partial charge >= 0.3 is 0 Å². The number of benzene rings is 1. The number of piperazine rings is 1. The van der Waals surface area contributed by atoms with Crippen LogP contribution in [0.25, 0.3) is 11.3 Å². The van der Waals surface area contributed by atoms with Gasteiger partial charge in [-0.1, -0.05) is 35.0 Å².